The Morgan fingerprint density at radius 2 is 1.88 bits per heavy atom. The van der Waals surface area contributed by atoms with Gasteiger partial charge in [-0.15, -0.1) is 0 Å². The van der Waals surface area contributed by atoms with Crippen molar-refractivity contribution in [3.8, 4) is 17.0 Å². The molecule has 0 aliphatic rings. The number of hydrogen-bond acceptors (Lipinski definition) is 3. The van der Waals surface area contributed by atoms with Gasteiger partial charge in [0.05, 0.1) is 19.0 Å². The molecule has 0 saturated heterocycles. The number of pyridine rings is 1. The number of anilines is 1. The molecule has 0 aliphatic heterocycles. The van der Waals surface area contributed by atoms with Crippen LogP contribution in [0.1, 0.15) is 11.1 Å². The minimum Gasteiger partial charge on any atom is -0.481 e. The van der Waals surface area contributed by atoms with Gasteiger partial charge >= 0.3 is 0 Å². The molecule has 0 unspecified atom stereocenters. The Morgan fingerprint density at radius 3 is 2.59 bits per heavy atom. The minimum atomic E-state index is 0.605. The molecule has 0 amide bonds. The summed E-state index contributed by atoms with van der Waals surface area (Å²) in [6.07, 6.45) is 1.60. The predicted octanol–water partition coefficient (Wildman–Crippen LogP) is 2.96. The summed E-state index contributed by atoms with van der Waals surface area (Å²) in [7, 11) is 1.62. The van der Waals surface area contributed by atoms with E-state index in [1.165, 1.54) is 11.1 Å². The van der Waals surface area contributed by atoms with Crippen LogP contribution in [-0.2, 0) is 0 Å². The molecule has 0 bridgehead atoms. The first-order valence-corrected chi connectivity index (χ1v) is 5.49. The summed E-state index contributed by atoms with van der Waals surface area (Å²) in [5.41, 5.74) is 10.9. The lowest BCUT2D eigenvalue weighted by Gasteiger charge is -2.11. The zero-order chi connectivity index (χ0) is 12.4. The minimum absolute atomic E-state index is 0.605. The lowest BCUT2D eigenvalue weighted by molar-refractivity contribution is 0.400. The van der Waals surface area contributed by atoms with Crippen molar-refractivity contribution in [3.05, 3.63) is 41.6 Å². The number of ether oxygens (including phenoxy) is 1. The van der Waals surface area contributed by atoms with Gasteiger partial charge in [0.25, 0.3) is 0 Å². The summed E-state index contributed by atoms with van der Waals surface area (Å²) in [4.78, 5) is 4.20. The van der Waals surface area contributed by atoms with E-state index in [9.17, 15) is 0 Å². The predicted molar refractivity (Wildman–Crippen MR) is 70.1 cm³/mol. The number of rotatable bonds is 2. The molecule has 3 heteroatoms. The SMILES string of the molecule is COc1ncc(N)cc1-c1cc(C)ccc1C. The van der Waals surface area contributed by atoms with E-state index in [4.69, 9.17) is 10.5 Å². The summed E-state index contributed by atoms with van der Waals surface area (Å²) in [5, 5.41) is 0. The molecule has 88 valence electrons. The van der Waals surface area contributed by atoms with Crippen LogP contribution in [0, 0.1) is 13.8 Å². The van der Waals surface area contributed by atoms with Gasteiger partial charge < -0.3 is 10.5 Å². The molecular formula is C14H16N2O. The Hall–Kier alpha value is -2.03. The second-order valence-corrected chi connectivity index (χ2v) is 4.14. The van der Waals surface area contributed by atoms with Crippen LogP contribution in [0.5, 0.6) is 5.88 Å². The number of nitrogen functional groups attached to an aromatic ring is 1. The average Bonchev–Trinajstić information content (AvgIpc) is 2.32. The summed E-state index contributed by atoms with van der Waals surface area (Å²) in [6.45, 7) is 4.13. The highest BCUT2D eigenvalue weighted by Gasteiger charge is 2.10. The van der Waals surface area contributed by atoms with Gasteiger partial charge in [-0.05, 0) is 31.0 Å². The lowest BCUT2D eigenvalue weighted by Crippen LogP contribution is -1.96. The topological polar surface area (TPSA) is 48.1 Å². The molecule has 1 aromatic heterocycles. The number of aromatic nitrogens is 1. The van der Waals surface area contributed by atoms with Crippen molar-refractivity contribution in [2.45, 2.75) is 13.8 Å². The molecule has 17 heavy (non-hydrogen) atoms. The van der Waals surface area contributed by atoms with E-state index < -0.39 is 0 Å². The van der Waals surface area contributed by atoms with Gasteiger partial charge in [0.2, 0.25) is 5.88 Å². The maximum Gasteiger partial charge on any atom is 0.221 e. The molecule has 0 spiro atoms. The van der Waals surface area contributed by atoms with E-state index in [-0.39, 0.29) is 0 Å². The Morgan fingerprint density at radius 1 is 1.12 bits per heavy atom. The number of benzene rings is 1. The molecule has 0 radical (unpaired) electrons. The molecule has 0 atom stereocenters. The molecule has 2 aromatic rings. The van der Waals surface area contributed by atoms with Crippen LogP contribution in [0.3, 0.4) is 0 Å². The standard InChI is InChI=1S/C14H16N2O/c1-9-4-5-10(2)12(6-9)13-7-11(15)8-16-14(13)17-3/h4-8H,15H2,1-3H3. The molecule has 2 rings (SSSR count). The molecule has 2 N–H and O–H groups in total. The summed E-state index contributed by atoms with van der Waals surface area (Å²) >= 11 is 0. The smallest absolute Gasteiger partial charge is 0.221 e. The van der Waals surface area contributed by atoms with Crippen LogP contribution < -0.4 is 10.5 Å². The quantitative estimate of drug-likeness (QED) is 0.859. The highest BCUT2D eigenvalue weighted by atomic mass is 16.5. The first-order chi connectivity index (χ1) is 8.11. The first-order valence-electron chi connectivity index (χ1n) is 5.49. The summed E-state index contributed by atoms with van der Waals surface area (Å²) in [6, 6.07) is 8.19. The number of aryl methyl sites for hydroxylation is 2. The van der Waals surface area contributed by atoms with Gasteiger partial charge in [-0.1, -0.05) is 23.8 Å². The Kier molecular flexibility index (Phi) is 3.00. The highest BCUT2D eigenvalue weighted by molar-refractivity contribution is 5.74. The summed E-state index contributed by atoms with van der Waals surface area (Å²) < 4.78 is 5.28. The monoisotopic (exact) mass is 228 g/mol. The van der Waals surface area contributed by atoms with Gasteiger partial charge in [-0.3, -0.25) is 0 Å². The van der Waals surface area contributed by atoms with Gasteiger partial charge in [0, 0.05) is 5.56 Å². The zero-order valence-electron chi connectivity index (χ0n) is 10.3. The third kappa shape index (κ3) is 2.23. The third-order valence-electron chi connectivity index (χ3n) is 2.75. The van der Waals surface area contributed by atoms with Crippen molar-refractivity contribution in [1.82, 2.24) is 4.98 Å². The van der Waals surface area contributed by atoms with Crippen molar-refractivity contribution in [2.24, 2.45) is 0 Å². The second-order valence-electron chi connectivity index (χ2n) is 4.14. The van der Waals surface area contributed by atoms with E-state index in [0.29, 0.717) is 11.6 Å². The van der Waals surface area contributed by atoms with Gasteiger partial charge in [0.1, 0.15) is 0 Å². The fourth-order valence-electron chi connectivity index (χ4n) is 1.85. The number of methoxy groups -OCH3 is 1. The van der Waals surface area contributed by atoms with Crippen LogP contribution in [0.15, 0.2) is 30.5 Å². The van der Waals surface area contributed by atoms with Crippen LogP contribution >= 0.6 is 0 Å². The number of nitrogens with zero attached hydrogens (tertiary/aromatic N) is 1. The Balaban J connectivity index is 2.66. The van der Waals surface area contributed by atoms with E-state index in [2.05, 4.69) is 37.0 Å². The average molecular weight is 228 g/mol. The lowest BCUT2D eigenvalue weighted by atomic mass is 9.99. The van der Waals surface area contributed by atoms with Crippen molar-refractivity contribution in [2.75, 3.05) is 12.8 Å². The first kappa shape index (κ1) is 11.5. The normalized spacial score (nSPS) is 10.3. The van der Waals surface area contributed by atoms with E-state index in [0.717, 1.165) is 11.1 Å². The third-order valence-corrected chi connectivity index (χ3v) is 2.75. The number of hydrogen-bond donors (Lipinski definition) is 1. The van der Waals surface area contributed by atoms with E-state index >= 15 is 0 Å². The van der Waals surface area contributed by atoms with Crippen molar-refractivity contribution < 1.29 is 4.74 Å². The van der Waals surface area contributed by atoms with Crippen LogP contribution in [0.2, 0.25) is 0 Å². The van der Waals surface area contributed by atoms with E-state index in [1.54, 1.807) is 13.3 Å². The van der Waals surface area contributed by atoms with Crippen LogP contribution in [-0.4, -0.2) is 12.1 Å². The molecule has 0 fully saturated rings. The largest absolute Gasteiger partial charge is 0.481 e. The summed E-state index contributed by atoms with van der Waals surface area (Å²) in [5.74, 6) is 0.605. The van der Waals surface area contributed by atoms with Crippen LogP contribution in [0.25, 0.3) is 11.1 Å². The van der Waals surface area contributed by atoms with Crippen molar-refractivity contribution in [1.29, 1.82) is 0 Å². The Bertz CT molecular complexity index is 550. The maximum atomic E-state index is 5.79. The molecule has 3 nitrogen and oxygen atoms in total. The van der Waals surface area contributed by atoms with Crippen molar-refractivity contribution >= 4 is 5.69 Å². The fourth-order valence-corrected chi connectivity index (χ4v) is 1.85. The van der Waals surface area contributed by atoms with Gasteiger partial charge in [-0.25, -0.2) is 4.98 Å². The second kappa shape index (κ2) is 4.45. The maximum absolute atomic E-state index is 5.79. The molecule has 1 heterocycles. The fraction of sp³-hybridized carbons (Fsp3) is 0.214. The van der Waals surface area contributed by atoms with Gasteiger partial charge in [0.15, 0.2) is 0 Å². The Labute approximate surface area is 101 Å². The highest BCUT2D eigenvalue weighted by Crippen LogP contribution is 2.32. The van der Waals surface area contributed by atoms with E-state index in [1.807, 2.05) is 6.07 Å². The van der Waals surface area contributed by atoms with Crippen molar-refractivity contribution in [3.63, 3.8) is 0 Å². The molecular weight excluding hydrogens is 212 g/mol. The molecule has 0 saturated carbocycles. The molecule has 1 aromatic carbocycles. The van der Waals surface area contributed by atoms with Crippen LogP contribution in [0.4, 0.5) is 5.69 Å². The molecule has 0 aliphatic carbocycles. The number of nitrogens with two attached hydrogens (primary N) is 1. The zero-order valence-corrected chi connectivity index (χ0v) is 10.3. The van der Waals surface area contributed by atoms with Gasteiger partial charge in [-0.2, -0.15) is 0 Å².